The molecule has 0 saturated heterocycles. The number of hydrogen-bond donors (Lipinski definition) is 2. The van der Waals surface area contributed by atoms with E-state index in [4.69, 9.17) is 5.11 Å². The average molecular weight is 638 g/mol. The van der Waals surface area contributed by atoms with Crippen molar-refractivity contribution >= 4 is 17.5 Å². The number of amides is 1. The number of alkyl halides is 21. The molecule has 0 spiro atoms. The minimum absolute atomic E-state index is 0.569. The molecule has 3 nitrogen and oxygen atoms in total. The van der Waals surface area contributed by atoms with Gasteiger partial charge < -0.3 is 10.4 Å². The summed E-state index contributed by atoms with van der Waals surface area (Å²) in [5.41, 5.74) is 0. The molecule has 0 aromatic carbocycles. The van der Waals surface area contributed by atoms with E-state index in [2.05, 4.69) is 11.6 Å². The first kappa shape index (κ1) is 36.3. The Morgan fingerprint density at radius 3 is 1.05 bits per heavy atom. The van der Waals surface area contributed by atoms with Crippen molar-refractivity contribution in [2.24, 2.45) is 0 Å². The standard InChI is InChI=1S/C14H8ClF20NO2/c15-14(34,35)13(32,33)12(30,31)11(28,29)10(26,27)9(24,25)8(22,23)7(20,21)6(18,19)5(16,17)4(38)36-2-1-3-37/h37H,1-3H2,(H,36,38). The third kappa shape index (κ3) is 4.67. The molecular formula is C14H8ClF20NO2. The second-order valence-electron chi connectivity index (χ2n) is 7.00. The van der Waals surface area contributed by atoms with Crippen molar-refractivity contribution < 1.29 is 97.7 Å². The number of carbonyl (C=O) groups excluding carboxylic acids is 1. The number of nitrogens with one attached hydrogen (secondary N) is 1. The van der Waals surface area contributed by atoms with E-state index in [1.807, 2.05) is 0 Å². The highest BCUT2D eigenvalue weighted by atomic mass is 35.5. The monoisotopic (exact) mass is 637 g/mol. The Labute approximate surface area is 200 Å². The number of hydrogen-bond acceptors (Lipinski definition) is 2. The van der Waals surface area contributed by atoms with E-state index < -0.39 is 84.2 Å². The average Bonchev–Trinajstić information content (AvgIpc) is 2.71. The Bertz CT molecular complexity index is 866. The topological polar surface area (TPSA) is 49.3 Å². The van der Waals surface area contributed by atoms with Gasteiger partial charge in [-0.3, -0.25) is 4.79 Å². The number of aliphatic hydroxyl groups excluding tert-OH is 1. The predicted molar refractivity (Wildman–Crippen MR) is 80.0 cm³/mol. The van der Waals surface area contributed by atoms with Crippen molar-refractivity contribution in [2.75, 3.05) is 13.2 Å². The van der Waals surface area contributed by atoms with Crippen LogP contribution in [0.25, 0.3) is 0 Å². The first-order chi connectivity index (χ1) is 16.2. The SMILES string of the molecule is O=C(NCCCO)C(F)(F)C(F)(F)C(F)(F)C(F)(F)C(F)(F)C(F)(F)C(F)(F)C(F)(F)C(F)(F)C(F)(F)Cl. The van der Waals surface area contributed by atoms with Crippen molar-refractivity contribution in [1.29, 1.82) is 0 Å². The number of carbonyl (C=O) groups is 1. The highest BCUT2D eigenvalue weighted by molar-refractivity contribution is 6.22. The van der Waals surface area contributed by atoms with Crippen molar-refractivity contribution in [1.82, 2.24) is 5.32 Å². The number of halogens is 21. The molecule has 0 unspecified atom stereocenters. The van der Waals surface area contributed by atoms with Gasteiger partial charge in [-0.1, -0.05) is 0 Å². The molecule has 0 aliphatic heterocycles. The summed E-state index contributed by atoms with van der Waals surface area (Å²) in [5, 5.41) is 1.79. The molecule has 0 aromatic heterocycles. The van der Waals surface area contributed by atoms with Gasteiger partial charge in [0.15, 0.2) is 0 Å². The molecule has 0 fully saturated rings. The summed E-state index contributed by atoms with van der Waals surface area (Å²) >= 11 is 3.30. The fourth-order valence-electron chi connectivity index (χ4n) is 2.09. The van der Waals surface area contributed by atoms with Crippen LogP contribution in [0.4, 0.5) is 87.8 Å². The smallest absolute Gasteiger partial charge is 0.393 e. The van der Waals surface area contributed by atoms with Crippen LogP contribution in [0.5, 0.6) is 0 Å². The quantitative estimate of drug-likeness (QED) is 0.147. The fraction of sp³-hybridized carbons (Fsp3) is 0.929. The second-order valence-corrected chi connectivity index (χ2v) is 7.48. The molecule has 0 saturated carbocycles. The van der Waals surface area contributed by atoms with E-state index in [1.165, 1.54) is 0 Å². The summed E-state index contributed by atoms with van der Waals surface area (Å²) in [6.45, 7) is -2.37. The van der Waals surface area contributed by atoms with Gasteiger partial charge in [-0.25, -0.2) is 0 Å². The molecule has 0 aliphatic rings. The van der Waals surface area contributed by atoms with Gasteiger partial charge in [0.25, 0.3) is 5.91 Å². The molecule has 0 atom stereocenters. The normalized spacial score (nSPS) is 16.1. The van der Waals surface area contributed by atoms with Gasteiger partial charge in [0.05, 0.1) is 0 Å². The molecule has 0 aliphatic carbocycles. The van der Waals surface area contributed by atoms with Gasteiger partial charge in [-0.2, -0.15) is 87.8 Å². The van der Waals surface area contributed by atoms with Gasteiger partial charge in [0.2, 0.25) is 0 Å². The van der Waals surface area contributed by atoms with Crippen LogP contribution in [0.1, 0.15) is 6.42 Å². The third-order valence-electron chi connectivity index (χ3n) is 4.42. The van der Waals surface area contributed by atoms with Crippen LogP contribution < -0.4 is 5.32 Å². The molecular weight excluding hydrogens is 630 g/mol. The lowest BCUT2D eigenvalue weighted by Gasteiger charge is -2.44. The summed E-state index contributed by atoms with van der Waals surface area (Å²) in [5.74, 6) is -81.3. The Morgan fingerprint density at radius 1 is 0.526 bits per heavy atom. The van der Waals surface area contributed by atoms with E-state index in [0.717, 1.165) is 0 Å². The minimum atomic E-state index is -9.18. The molecule has 2 N–H and O–H groups in total. The Morgan fingerprint density at radius 2 is 0.789 bits per heavy atom. The van der Waals surface area contributed by atoms with E-state index >= 15 is 0 Å². The highest BCUT2D eigenvalue weighted by Crippen LogP contribution is 2.66. The van der Waals surface area contributed by atoms with E-state index in [0.29, 0.717) is 5.32 Å². The predicted octanol–water partition coefficient (Wildman–Crippen LogP) is 6.03. The summed E-state index contributed by atoms with van der Waals surface area (Å²) < 4.78 is 267. The fourth-order valence-corrected chi connectivity index (χ4v) is 2.21. The maximum absolute atomic E-state index is 13.6. The lowest BCUT2D eigenvalue weighted by Crippen LogP contribution is -2.77. The van der Waals surface area contributed by atoms with Gasteiger partial charge in [0.1, 0.15) is 0 Å². The first-order valence-electron chi connectivity index (χ1n) is 8.59. The number of rotatable bonds is 13. The molecule has 38 heavy (non-hydrogen) atoms. The zero-order valence-electron chi connectivity index (χ0n) is 16.9. The Hall–Kier alpha value is -1.68. The zero-order valence-corrected chi connectivity index (χ0v) is 17.7. The minimum Gasteiger partial charge on any atom is -0.396 e. The Balaban J connectivity index is 6.95. The molecule has 0 bridgehead atoms. The van der Waals surface area contributed by atoms with Gasteiger partial charge in [-0.15, -0.1) is 0 Å². The maximum Gasteiger partial charge on any atom is 0.393 e. The van der Waals surface area contributed by atoms with Crippen LogP contribution in [0, 0.1) is 0 Å². The molecule has 0 aromatic rings. The molecule has 228 valence electrons. The maximum atomic E-state index is 13.6. The van der Waals surface area contributed by atoms with E-state index in [1.54, 1.807) is 0 Å². The molecule has 1 amide bonds. The summed E-state index contributed by atoms with van der Waals surface area (Å²) in [7, 11) is 0. The van der Waals surface area contributed by atoms with Gasteiger partial charge in [0, 0.05) is 13.2 Å². The summed E-state index contributed by atoms with van der Waals surface area (Å²) in [6.07, 6.45) is -0.834. The van der Waals surface area contributed by atoms with Crippen LogP contribution in [-0.4, -0.2) is 82.8 Å². The largest absolute Gasteiger partial charge is 0.396 e. The van der Waals surface area contributed by atoms with E-state index in [-0.39, 0.29) is 0 Å². The molecule has 0 radical (unpaired) electrons. The summed E-state index contributed by atoms with van der Waals surface area (Å²) in [6, 6.07) is 0. The third-order valence-corrected chi connectivity index (χ3v) is 4.65. The van der Waals surface area contributed by atoms with Crippen molar-refractivity contribution in [3.05, 3.63) is 0 Å². The van der Waals surface area contributed by atoms with Gasteiger partial charge >= 0.3 is 58.7 Å². The van der Waals surface area contributed by atoms with Crippen LogP contribution in [0.15, 0.2) is 0 Å². The second kappa shape index (κ2) is 9.75. The lowest BCUT2D eigenvalue weighted by molar-refractivity contribution is -0.464. The van der Waals surface area contributed by atoms with Gasteiger partial charge in [-0.05, 0) is 18.0 Å². The van der Waals surface area contributed by atoms with Crippen LogP contribution >= 0.6 is 11.6 Å². The van der Waals surface area contributed by atoms with Crippen molar-refractivity contribution in [2.45, 2.75) is 65.1 Å². The zero-order chi connectivity index (χ0) is 31.4. The molecule has 0 heterocycles. The first-order valence-corrected chi connectivity index (χ1v) is 8.97. The molecule has 0 rings (SSSR count). The Kier molecular flexibility index (Phi) is 9.32. The summed E-state index contributed by atoms with van der Waals surface area (Å²) in [4.78, 5) is 11.0. The van der Waals surface area contributed by atoms with Crippen LogP contribution in [0.2, 0.25) is 0 Å². The van der Waals surface area contributed by atoms with E-state index in [9.17, 15) is 92.6 Å². The number of aliphatic hydroxyl groups is 1. The highest BCUT2D eigenvalue weighted by Gasteiger charge is 2.97. The van der Waals surface area contributed by atoms with Crippen molar-refractivity contribution in [3.8, 4) is 0 Å². The van der Waals surface area contributed by atoms with Crippen molar-refractivity contribution in [3.63, 3.8) is 0 Å². The lowest BCUT2D eigenvalue weighted by atomic mass is 9.86. The van der Waals surface area contributed by atoms with Crippen LogP contribution in [-0.2, 0) is 4.79 Å². The van der Waals surface area contributed by atoms with Crippen LogP contribution in [0.3, 0.4) is 0 Å². The molecule has 24 heteroatoms.